The molecule has 1 saturated carbocycles. The fourth-order valence-electron chi connectivity index (χ4n) is 3.09. The van der Waals surface area contributed by atoms with Crippen molar-refractivity contribution in [2.24, 2.45) is 0 Å². The van der Waals surface area contributed by atoms with Crippen molar-refractivity contribution in [1.82, 2.24) is 5.32 Å². The summed E-state index contributed by atoms with van der Waals surface area (Å²) in [6, 6.07) is 16.3. The van der Waals surface area contributed by atoms with Gasteiger partial charge in [0.25, 0.3) is 0 Å². The lowest BCUT2D eigenvalue weighted by molar-refractivity contribution is -0.143. The van der Waals surface area contributed by atoms with Gasteiger partial charge in [-0.3, -0.25) is 9.59 Å². The average molecular weight is 358 g/mol. The number of carbonyl (C=O) groups is 2. The van der Waals surface area contributed by atoms with Gasteiger partial charge in [-0.05, 0) is 43.0 Å². The molecule has 0 saturated heterocycles. The lowest BCUT2D eigenvalue weighted by atomic mass is 9.82. The first kappa shape index (κ1) is 17.5. The third-order valence-corrected chi connectivity index (χ3v) is 5.28. The van der Waals surface area contributed by atoms with E-state index in [2.05, 4.69) is 5.32 Å². The molecule has 1 aliphatic rings. The SMILES string of the molecule is CC(CNC(=O)C1(c2cccc(Cl)c2)CC1)(C(=O)O)c1ccccc1. The van der Waals surface area contributed by atoms with Crippen molar-refractivity contribution in [3.8, 4) is 0 Å². The van der Waals surface area contributed by atoms with E-state index in [-0.39, 0.29) is 12.5 Å². The second-order valence-corrected chi connectivity index (χ2v) is 7.21. The minimum atomic E-state index is -1.18. The summed E-state index contributed by atoms with van der Waals surface area (Å²) in [7, 11) is 0. The summed E-state index contributed by atoms with van der Waals surface area (Å²) in [5.74, 6) is -1.11. The van der Waals surface area contributed by atoms with Crippen LogP contribution in [0.3, 0.4) is 0 Å². The predicted octanol–water partition coefficient (Wildman–Crippen LogP) is 3.53. The zero-order valence-corrected chi connectivity index (χ0v) is 14.7. The first-order chi connectivity index (χ1) is 11.9. The Bertz CT molecular complexity index is 802. The van der Waals surface area contributed by atoms with Crippen LogP contribution in [0.25, 0.3) is 0 Å². The molecule has 3 rings (SSSR count). The molecular weight excluding hydrogens is 338 g/mol. The van der Waals surface area contributed by atoms with Crippen molar-refractivity contribution in [3.63, 3.8) is 0 Å². The van der Waals surface area contributed by atoms with Crippen LogP contribution >= 0.6 is 11.6 Å². The van der Waals surface area contributed by atoms with Crippen molar-refractivity contribution in [1.29, 1.82) is 0 Å². The van der Waals surface area contributed by atoms with Crippen LogP contribution in [0.4, 0.5) is 0 Å². The number of amides is 1. The van der Waals surface area contributed by atoms with E-state index in [1.165, 1.54) is 0 Å². The molecule has 1 atom stereocenters. The maximum atomic E-state index is 12.8. The Hall–Kier alpha value is -2.33. The van der Waals surface area contributed by atoms with Gasteiger partial charge in [-0.15, -0.1) is 0 Å². The quantitative estimate of drug-likeness (QED) is 0.831. The van der Waals surface area contributed by atoms with E-state index in [0.29, 0.717) is 10.6 Å². The summed E-state index contributed by atoms with van der Waals surface area (Å²) in [5.41, 5.74) is -0.216. The highest BCUT2D eigenvalue weighted by molar-refractivity contribution is 6.30. The molecule has 1 amide bonds. The minimum Gasteiger partial charge on any atom is -0.481 e. The summed E-state index contributed by atoms with van der Waals surface area (Å²) in [6.45, 7) is 1.66. The van der Waals surface area contributed by atoms with Crippen LogP contribution in [0.2, 0.25) is 5.02 Å². The molecule has 1 aliphatic carbocycles. The van der Waals surface area contributed by atoms with E-state index >= 15 is 0 Å². The number of benzene rings is 2. The zero-order chi connectivity index (χ0) is 18.1. The average Bonchev–Trinajstić information content (AvgIpc) is 3.42. The first-order valence-electron chi connectivity index (χ1n) is 8.22. The molecule has 4 nitrogen and oxygen atoms in total. The number of aliphatic carboxylic acids is 1. The molecule has 2 aromatic carbocycles. The van der Waals surface area contributed by atoms with Crippen LogP contribution in [-0.2, 0) is 20.4 Å². The summed E-state index contributed by atoms with van der Waals surface area (Å²) < 4.78 is 0. The van der Waals surface area contributed by atoms with Crippen molar-refractivity contribution < 1.29 is 14.7 Å². The smallest absolute Gasteiger partial charge is 0.315 e. The van der Waals surface area contributed by atoms with Gasteiger partial charge in [0.05, 0.1) is 5.41 Å². The third kappa shape index (κ3) is 3.27. The first-order valence-corrected chi connectivity index (χ1v) is 8.60. The number of carboxylic acid groups (broad SMARTS) is 1. The second-order valence-electron chi connectivity index (χ2n) is 6.78. The van der Waals surface area contributed by atoms with Crippen LogP contribution in [0, 0.1) is 0 Å². The molecule has 25 heavy (non-hydrogen) atoms. The topological polar surface area (TPSA) is 66.4 Å². The van der Waals surface area contributed by atoms with E-state index in [1.54, 1.807) is 37.3 Å². The van der Waals surface area contributed by atoms with Crippen LogP contribution < -0.4 is 5.32 Å². The lowest BCUT2D eigenvalue weighted by Crippen LogP contribution is -2.47. The van der Waals surface area contributed by atoms with Crippen LogP contribution in [0.5, 0.6) is 0 Å². The summed E-state index contributed by atoms with van der Waals surface area (Å²) in [6.07, 6.45) is 1.49. The molecule has 0 radical (unpaired) electrons. The van der Waals surface area contributed by atoms with Gasteiger partial charge < -0.3 is 10.4 Å². The van der Waals surface area contributed by atoms with Gasteiger partial charge in [-0.25, -0.2) is 0 Å². The maximum absolute atomic E-state index is 12.8. The van der Waals surface area contributed by atoms with Crippen LogP contribution in [-0.4, -0.2) is 23.5 Å². The summed E-state index contributed by atoms with van der Waals surface area (Å²) in [4.78, 5) is 24.6. The number of halogens is 1. The summed E-state index contributed by atoms with van der Waals surface area (Å²) >= 11 is 6.05. The third-order valence-electron chi connectivity index (χ3n) is 5.05. The Morgan fingerprint density at radius 2 is 1.84 bits per heavy atom. The Balaban J connectivity index is 1.78. The molecule has 5 heteroatoms. The Morgan fingerprint density at radius 1 is 1.16 bits per heavy atom. The van der Waals surface area contributed by atoms with Gasteiger partial charge >= 0.3 is 5.97 Å². The van der Waals surface area contributed by atoms with E-state index in [9.17, 15) is 14.7 Å². The highest BCUT2D eigenvalue weighted by Crippen LogP contribution is 2.49. The molecule has 1 unspecified atom stereocenters. The molecule has 0 spiro atoms. The van der Waals surface area contributed by atoms with E-state index in [0.717, 1.165) is 18.4 Å². The van der Waals surface area contributed by atoms with Gasteiger partial charge in [0.1, 0.15) is 5.41 Å². The van der Waals surface area contributed by atoms with E-state index < -0.39 is 16.8 Å². The normalized spacial score (nSPS) is 17.4. The zero-order valence-electron chi connectivity index (χ0n) is 14.0. The minimum absolute atomic E-state index is 0.0352. The van der Waals surface area contributed by atoms with Crippen LogP contribution in [0.15, 0.2) is 54.6 Å². The molecule has 0 bridgehead atoms. The molecule has 2 aromatic rings. The number of carboxylic acids is 1. The number of rotatable bonds is 6. The number of hydrogen-bond donors (Lipinski definition) is 2. The molecular formula is C20H20ClNO3. The maximum Gasteiger partial charge on any atom is 0.315 e. The second kappa shape index (κ2) is 6.52. The number of hydrogen-bond acceptors (Lipinski definition) is 2. The van der Waals surface area contributed by atoms with Gasteiger partial charge in [-0.1, -0.05) is 54.1 Å². The Kier molecular flexibility index (Phi) is 4.56. The highest BCUT2D eigenvalue weighted by atomic mass is 35.5. The molecule has 0 aromatic heterocycles. The molecule has 1 fully saturated rings. The monoisotopic (exact) mass is 357 g/mol. The van der Waals surface area contributed by atoms with Crippen molar-refractivity contribution in [3.05, 3.63) is 70.7 Å². The molecule has 130 valence electrons. The number of nitrogens with one attached hydrogen (secondary N) is 1. The largest absolute Gasteiger partial charge is 0.481 e. The van der Waals surface area contributed by atoms with Gasteiger partial charge in [0.15, 0.2) is 0 Å². The standard InChI is InChI=1S/C20H20ClNO3/c1-19(18(24)25,14-6-3-2-4-7-14)13-22-17(23)20(10-11-20)15-8-5-9-16(21)12-15/h2-9,12H,10-11,13H2,1H3,(H,22,23)(H,24,25). The Morgan fingerprint density at radius 3 is 2.40 bits per heavy atom. The number of carbonyl (C=O) groups excluding carboxylic acids is 1. The summed E-state index contributed by atoms with van der Waals surface area (Å²) in [5, 5.41) is 13.2. The predicted molar refractivity (Wildman–Crippen MR) is 96.8 cm³/mol. The van der Waals surface area contributed by atoms with Gasteiger partial charge in [-0.2, -0.15) is 0 Å². The fourth-order valence-corrected chi connectivity index (χ4v) is 3.28. The lowest BCUT2D eigenvalue weighted by Gasteiger charge is -2.27. The van der Waals surface area contributed by atoms with E-state index in [1.807, 2.05) is 24.3 Å². The molecule has 0 aliphatic heterocycles. The highest BCUT2D eigenvalue weighted by Gasteiger charge is 2.51. The molecule has 0 heterocycles. The van der Waals surface area contributed by atoms with Gasteiger partial charge in [0, 0.05) is 11.6 Å². The Labute approximate surface area is 151 Å². The van der Waals surface area contributed by atoms with Crippen molar-refractivity contribution >= 4 is 23.5 Å². The van der Waals surface area contributed by atoms with Crippen molar-refractivity contribution in [2.45, 2.75) is 30.6 Å². The molecule has 2 N–H and O–H groups in total. The van der Waals surface area contributed by atoms with Crippen molar-refractivity contribution in [2.75, 3.05) is 6.54 Å². The fraction of sp³-hybridized carbons (Fsp3) is 0.300. The van der Waals surface area contributed by atoms with Gasteiger partial charge in [0.2, 0.25) is 5.91 Å². The van der Waals surface area contributed by atoms with Crippen LogP contribution in [0.1, 0.15) is 30.9 Å². The van der Waals surface area contributed by atoms with E-state index in [4.69, 9.17) is 11.6 Å².